The van der Waals surface area contributed by atoms with E-state index < -0.39 is 0 Å². The molecule has 0 spiro atoms. The van der Waals surface area contributed by atoms with Gasteiger partial charge in [-0.2, -0.15) is 0 Å². The van der Waals surface area contributed by atoms with Crippen molar-refractivity contribution in [3.63, 3.8) is 0 Å². The fourth-order valence-corrected chi connectivity index (χ4v) is 5.02. The Balaban J connectivity index is 1.55. The summed E-state index contributed by atoms with van der Waals surface area (Å²) >= 11 is 0. The molecule has 0 N–H and O–H groups in total. The molecule has 140 valence electrons. The molecule has 1 aliphatic carbocycles. The van der Waals surface area contributed by atoms with Gasteiger partial charge >= 0.3 is 0 Å². The summed E-state index contributed by atoms with van der Waals surface area (Å²) in [4.78, 5) is 2.57. The maximum Gasteiger partial charge on any atom is 0.123 e. The standard InChI is InChI=1S/C23H37NO/c1-18-7-4-5-9-20(10-6-8-18)21-13-15-24(16-14-21)22-12-11-19(2)23(17-22)25-3/h11-12,17-18,20-21H,4-10,13-16H2,1-3H3/t18?,20-/m1/s1. The second-order valence-corrected chi connectivity index (χ2v) is 8.56. The largest absolute Gasteiger partial charge is 0.496 e. The highest BCUT2D eigenvalue weighted by Gasteiger charge is 2.27. The summed E-state index contributed by atoms with van der Waals surface area (Å²) in [5.74, 6) is 3.92. The summed E-state index contributed by atoms with van der Waals surface area (Å²) in [5.41, 5.74) is 2.56. The number of anilines is 1. The van der Waals surface area contributed by atoms with E-state index in [-0.39, 0.29) is 0 Å². The molecule has 0 amide bonds. The maximum atomic E-state index is 5.51. The Morgan fingerprint density at radius 1 is 0.880 bits per heavy atom. The smallest absolute Gasteiger partial charge is 0.123 e. The first-order valence-corrected chi connectivity index (χ1v) is 10.6. The molecule has 0 radical (unpaired) electrons. The van der Waals surface area contributed by atoms with E-state index in [0.29, 0.717) is 0 Å². The van der Waals surface area contributed by atoms with Crippen molar-refractivity contribution in [1.82, 2.24) is 0 Å². The average molecular weight is 344 g/mol. The molecule has 2 heteroatoms. The number of benzene rings is 1. The third-order valence-corrected chi connectivity index (χ3v) is 6.76. The topological polar surface area (TPSA) is 12.5 Å². The van der Waals surface area contributed by atoms with Gasteiger partial charge in [0.05, 0.1) is 7.11 Å². The highest BCUT2D eigenvalue weighted by atomic mass is 16.5. The number of nitrogens with zero attached hydrogens (tertiary/aromatic N) is 1. The van der Waals surface area contributed by atoms with E-state index in [1.807, 2.05) is 0 Å². The van der Waals surface area contributed by atoms with Crippen LogP contribution in [-0.4, -0.2) is 20.2 Å². The van der Waals surface area contributed by atoms with Crippen LogP contribution in [0.2, 0.25) is 0 Å². The molecule has 1 saturated heterocycles. The minimum absolute atomic E-state index is 0.956. The molecular formula is C23H37NO. The number of aryl methyl sites for hydroxylation is 1. The Morgan fingerprint density at radius 3 is 2.28 bits per heavy atom. The predicted octanol–water partition coefficient (Wildman–Crippen LogP) is 6.22. The molecule has 1 heterocycles. The fourth-order valence-electron chi connectivity index (χ4n) is 5.02. The van der Waals surface area contributed by atoms with Crippen molar-refractivity contribution in [3.8, 4) is 5.75 Å². The molecule has 0 aromatic heterocycles. The minimum atomic E-state index is 0.956. The highest BCUT2D eigenvalue weighted by Crippen LogP contribution is 2.36. The van der Waals surface area contributed by atoms with E-state index >= 15 is 0 Å². The maximum absolute atomic E-state index is 5.51. The average Bonchev–Trinajstić information content (AvgIpc) is 2.74. The van der Waals surface area contributed by atoms with E-state index in [2.05, 4.69) is 36.9 Å². The zero-order chi connectivity index (χ0) is 17.6. The summed E-state index contributed by atoms with van der Waals surface area (Å²) in [6, 6.07) is 6.68. The monoisotopic (exact) mass is 343 g/mol. The molecule has 1 aliphatic heterocycles. The van der Waals surface area contributed by atoms with Gasteiger partial charge in [-0.15, -0.1) is 0 Å². The van der Waals surface area contributed by atoms with Gasteiger partial charge in [0.25, 0.3) is 0 Å². The number of piperidine rings is 1. The van der Waals surface area contributed by atoms with Gasteiger partial charge in [-0.25, -0.2) is 0 Å². The second kappa shape index (κ2) is 8.96. The van der Waals surface area contributed by atoms with Gasteiger partial charge in [-0.1, -0.05) is 57.9 Å². The number of rotatable bonds is 3. The summed E-state index contributed by atoms with van der Waals surface area (Å²) in [6.45, 7) is 7.00. The molecule has 2 nitrogen and oxygen atoms in total. The van der Waals surface area contributed by atoms with Crippen molar-refractivity contribution >= 4 is 5.69 Å². The van der Waals surface area contributed by atoms with Gasteiger partial charge in [0.2, 0.25) is 0 Å². The van der Waals surface area contributed by atoms with Gasteiger partial charge < -0.3 is 9.64 Å². The van der Waals surface area contributed by atoms with Crippen LogP contribution in [0.15, 0.2) is 18.2 Å². The van der Waals surface area contributed by atoms with Gasteiger partial charge in [0.1, 0.15) is 5.75 Å². The number of hydrogen-bond acceptors (Lipinski definition) is 2. The van der Waals surface area contributed by atoms with Crippen LogP contribution in [0.25, 0.3) is 0 Å². The van der Waals surface area contributed by atoms with Crippen LogP contribution in [-0.2, 0) is 0 Å². The van der Waals surface area contributed by atoms with E-state index in [4.69, 9.17) is 4.74 Å². The molecule has 1 unspecified atom stereocenters. The molecule has 2 fully saturated rings. The molecule has 3 rings (SSSR count). The van der Waals surface area contributed by atoms with Crippen LogP contribution >= 0.6 is 0 Å². The first kappa shape index (κ1) is 18.6. The fraction of sp³-hybridized carbons (Fsp3) is 0.739. The summed E-state index contributed by atoms with van der Waals surface area (Å²) < 4.78 is 5.51. The zero-order valence-corrected chi connectivity index (χ0v) is 16.6. The highest BCUT2D eigenvalue weighted by molar-refractivity contribution is 5.53. The van der Waals surface area contributed by atoms with Crippen LogP contribution < -0.4 is 9.64 Å². The molecular weight excluding hydrogens is 306 g/mol. The molecule has 1 aromatic carbocycles. The van der Waals surface area contributed by atoms with E-state index in [1.54, 1.807) is 7.11 Å². The molecule has 2 aliphatic rings. The van der Waals surface area contributed by atoms with E-state index in [1.165, 1.54) is 82.1 Å². The van der Waals surface area contributed by atoms with Gasteiger partial charge in [-0.05, 0) is 49.1 Å². The second-order valence-electron chi connectivity index (χ2n) is 8.56. The summed E-state index contributed by atoms with van der Waals surface area (Å²) in [7, 11) is 1.77. The molecule has 2 atom stereocenters. The third kappa shape index (κ3) is 4.92. The first-order chi connectivity index (χ1) is 12.2. The van der Waals surface area contributed by atoms with E-state index in [0.717, 1.165) is 23.5 Å². The lowest BCUT2D eigenvalue weighted by Crippen LogP contribution is -2.36. The van der Waals surface area contributed by atoms with Crippen molar-refractivity contribution < 1.29 is 4.74 Å². The molecule has 25 heavy (non-hydrogen) atoms. The van der Waals surface area contributed by atoms with Crippen molar-refractivity contribution in [2.24, 2.45) is 17.8 Å². The van der Waals surface area contributed by atoms with Gasteiger partial charge in [0.15, 0.2) is 0 Å². The normalized spacial score (nSPS) is 26.6. The summed E-state index contributed by atoms with van der Waals surface area (Å²) in [5, 5.41) is 0. The quantitative estimate of drug-likeness (QED) is 0.646. The Kier molecular flexibility index (Phi) is 6.67. The van der Waals surface area contributed by atoms with E-state index in [9.17, 15) is 0 Å². The molecule has 0 bridgehead atoms. The zero-order valence-electron chi connectivity index (χ0n) is 16.6. The van der Waals surface area contributed by atoms with Crippen LogP contribution in [0.1, 0.15) is 70.3 Å². The van der Waals surface area contributed by atoms with Crippen LogP contribution in [0.3, 0.4) is 0 Å². The number of methoxy groups -OCH3 is 1. The lowest BCUT2D eigenvalue weighted by atomic mass is 9.79. The van der Waals surface area contributed by atoms with Crippen molar-refractivity contribution in [1.29, 1.82) is 0 Å². The Morgan fingerprint density at radius 2 is 1.52 bits per heavy atom. The van der Waals surface area contributed by atoms with Crippen molar-refractivity contribution in [2.45, 2.75) is 71.6 Å². The lowest BCUT2D eigenvalue weighted by Gasteiger charge is -2.37. The van der Waals surface area contributed by atoms with Gasteiger partial charge in [0, 0.05) is 24.8 Å². The Bertz CT molecular complexity index is 533. The third-order valence-electron chi connectivity index (χ3n) is 6.76. The van der Waals surface area contributed by atoms with Crippen LogP contribution in [0.4, 0.5) is 5.69 Å². The van der Waals surface area contributed by atoms with Crippen molar-refractivity contribution in [3.05, 3.63) is 23.8 Å². The Labute approximate surface area is 154 Å². The number of hydrogen-bond donors (Lipinski definition) is 0. The minimum Gasteiger partial charge on any atom is -0.496 e. The van der Waals surface area contributed by atoms with Gasteiger partial charge in [-0.3, -0.25) is 0 Å². The first-order valence-electron chi connectivity index (χ1n) is 10.6. The van der Waals surface area contributed by atoms with Crippen LogP contribution in [0, 0.1) is 24.7 Å². The summed E-state index contributed by atoms with van der Waals surface area (Å²) in [6.07, 6.45) is 13.0. The van der Waals surface area contributed by atoms with Crippen molar-refractivity contribution in [2.75, 3.05) is 25.1 Å². The lowest BCUT2D eigenvalue weighted by molar-refractivity contribution is 0.239. The predicted molar refractivity (Wildman–Crippen MR) is 108 cm³/mol. The molecule has 1 aromatic rings. The number of ether oxygens (including phenoxy) is 1. The Hall–Kier alpha value is -1.18. The van der Waals surface area contributed by atoms with Crippen LogP contribution in [0.5, 0.6) is 5.75 Å². The molecule has 1 saturated carbocycles. The SMILES string of the molecule is COc1cc(N2CCC([C@@H]3CCCCC(C)CCC3)CC2)ccc1C.